The van der Waals surface area contributed by atoms with Crippen LogP contribution in [0.15, 0.2) is 89.9 Å². The van der Waals surface area contributed by atoms with Crippen molar-refractivity contribution in [3.8, 4) is 11.1 Å². The summed E-state index contributed by atoms with van der Waals surface area (Å²) >= 11 is 1.61. The molecule has 2 heterocycles. The summed E-state index contributed by atoms with van der Waals surface area (Å²) in [6, 6.07) is 20.6. The predicted octanol–water partition coefficient (Wildman–Crippen LogP) is 4.99. The minimum Gasteiger partial charge on any atom is -0.348 e. The van der Waals surface area contributed by atoms with Crippen LogP contribution in [0.5, 0.6) is 0 Å². The van der Waals surface area contributed by atoms with Crippen molar-refractivity contribution in [3.05, 3.63) is 107 Å². The number of aromatic nitrogens is 2. The van der Waals surface area contributed by atoms with Crippen molar-refractivity contribution in [1.29, 1.82) is 0 Å². The number of nitrogens with zero attached hydrogens (tertiary/aromatic N) is 2. The van der Waals surface area contributed by atoms with E-state index in [4.69, 9.17) is 0 Å². The molecule has 0 bridgehead atoms. The van der Waals surface area contributed by atoms with Crippen LogP contribution < -0.4 is 5.32 Å². The number of carbonyl (C=O) groups excluding carboxylic acids is 1. The maximum Gasteiger partial charge on any atom is 0.244 e. The van der Waals surface area contributed by atoms with Gasteiger partial charge in [-0.3, -0.25) is 9.48 Å². The Kier molecular flexibility index (Phi) is 5.98. The molecule has 1 amide bonds. The zero-order valence-electron chi connectivity index (χ0n) is 15.9. The molecule has 29 heavy (non-hydrogen) atoms. The van der Waals surface area contributed by atoms with Crippen LogP contribution in [0.1, 0.15) is 16.7 Å². The molecule has 0 aliphatic heterocycles. The van der Waals surface area contributed by atoms with Gasteiger partial charge in [0.2, 0.25) is 5.91 Å². The summed E-state index contributed by atoms with van der Waals surface area (Å²) in [4.78, 5) is 12.2. The highest BCUT2D eigenvalue weighted by atomic mass is 32.1. The number of benzene rings is 2. The molecule has 4 nitrogen and oxygen atoms in total. The first-order valence-electron chi connectivity index (χ1n) is 9.41. The fourth-order valence-corrected chi connectivity index (χ4v) is 3.74. The summed E-state index contributed by atoms with van der Waals surface area (Å²) in [6.07, 6.45) is 7.15. The molecule has 5 heteroatoms. The Morgan fingerprint density at radius 2 is 1.93 bits per heavy atom. The Morgan fingerprint density at radius 1 is 1.07 bits per heavy atom. The van der Waals surface area contributed by atoms with Gasteiger partial charge in [-0.25, -0.2) is 0 Å². The van der Waals surface area contributed by atoms with Crippen molar-refractivity contribution in [2.75, 3.05) is 0 Å². The summed E-state index contributed by atoms with van der Waals surface area (Å²) in [5.41, 5.74) is 5.58. The number of rotatable bonds is 7. The van der Waals surface area contributed by atoms with Gasteiger partial charge in [-0.2, -0.15) is 16.4 Å². The number of hydrogen-bond acceptors (Lipinski definition) is 3. The monoisotopic (exact) mass is 399 g/mol. The Bertz CT molecular complexity index is 1080. The number of hydrogen-bond donors (Lipinski definition) is 1. The van der Waals surface area contributed by atoms with Gasteiger partial charge in [0.05, 0.1) is 6.54 Å². The third-order valence-electron chi connectivity index (χ3n) is 4.61. The summed E-state index contributed by atoms with van der Waals surface area (Å²) in [7, 11) is 0. The molecule has 2 aromatic heterocycles. The third-order valence-corrected chi connectivity index (χ3v) is 5.31. The molecule has 0 saturated carbocycles. The standard InChI is InChI=1S/C24H21N3OS/c28-24(11-8-20-12-15-29-18-20)25-16-22-4-1-2-5-23(22)21-9-6-19(7-10-21)17-27-14-3-13-26-27/h1-15,18H,16-17H2,(H,25,28)/b11-8+. The number of amides is 1. The third kappa shape index (κ3) is 5.09. The van der Waals surface area contributed by atoms with E-state index in [0.717, 1.165) is 28.8 Å². The minimum atomic E-state index is -0.0967. The van der Waals surface area contributed by atoms with Crippen molar-refractivity contribution >= 4 is 23.3 Å². The van der Waals surface area contributed by atoms with Gasteiger partial charge in [0.1, 0.15) is 0 Å². The smallest absolute Gasteiger partial charge is 0.244 e. The van der Waals surface area contributed by atoms with Gasteiger partial charge in [-0.1, -0.05) is 48.5 Å². The van der Waals surface area contributed by atoms with Crippen molar-refractivity contribution in [2.45, 2.75) is 13.1 Å². The van der Waals surface area contributed by atoms with E-state index in [1.54, 1.807) is 23.6 Å². The first-order valence-corrected chi connectivity index (χ1v) is 10.3. The summed E-state index contributed by atoms with van der Waals surface area (Å²) < 4.78 is 1.90. The highest BCUT2D eigenvalue weighted by molar-refractivity contribution is 7.08. The van der Waals surface area contributed by atoms with Crippen LogP contribution in [-0.2, 0) is 17.9 Å². The molecule has 4 aromatic rings. The largest absolute Gasteiger partial charge is 0.348 e. The molecule has 2 aromatic carbocycles. The average Bonchev–Trinajstić information content (AvgIpc) is 3.46. The van der Waals surface area contributed by atoms with Crippen molar-refractivity contribution in [3.63, 3.8) is 0 Å². The second-order valence-electron chi connectivity index (χ2n) is 6.67. The molecule has 0 aliphatic rings. The Hall–Kier alpha value is -3.44. The van der Waals surface area contributed by atoms with E-state index in [1.165, 1.54) is 5.56 Å². The van der Waals surface area contributed by atoms with Gasteiger partial charge in [-0.05, 0) is 56.8 Å². The molecule has 0 saturated heterocycles. The fraction of sp³-hybridized carbons (Fsp3) is 0.0833. The van der Waals surface area contributed by atoms with Gasteiger partial charge in [-0.15, -0.1) is 0 Å². The molecule has 0 unspecified atom stereocenters. The Balaban J connectivity index is 1.43. The lowest BCUT2D eigenvalue weighted by molar-refractivity contribution is -0.116. The van der Waals surface area contributed by atoms with E-state index in [0.29, 0.717) is 6.54 Å². The normalized spacial score (nSPS) is 11.0. The zero-order valence-corrected chi connectivity index (χ0v) is 16.7. The van der Waals surface area contributed by atoms with Gasteiger partial charge < -0.3 is 5.32 Å². The molecular weight excluding hydrogens is 378 g/mol. The van der Waals surface area contributed by atoms with Crippen LogP contribution in [0.3, 0.4) is 0 Å². The lowest BCUT2D eigenvalue weighted by Gasteiger charge is -2.11. The highest BCUT2D eigenvalue weighted by Gasteiger charge is 2.06. The maximum atomic E-state index is 12.2. The Morgan fingerprint density at radius 3 is 2.69 bits per heavy atom. The first-order chi connectivity index (χ1) is 14.3. The average molecular weight is 400 g/mol. The molecule has 0 spiro atoms. The minimum absolute atomic E-state index is 0.0967. The van der Waals surface area contributed by atoms with Crippen LogP contribution in [0.2, 0.25) is 0 Å². The van der Waals surface area contributed by atoms with Gasteiger partial charge in [0.25, 0.3) is 0 Å². The van der Waals surface area contributed by atoms with Crippen LogP contribution in [0.4, 0.5) is 0 Å². The predicted molar refractivity (Wildman–Crippen MR) is 118 cm³/mol. The first kappa shape index (κ1) is 18.9. The SMILES string of the molecule is O=C(/C=C/c1ccsc1)NCc1ccccc1-c1ccc(Cn2cccn2)cc1. The van der Waals surface area contributed by atoms with Crippen molar-refractivity contribution in [1.82, 2.24) is 15.1 Å². The molecule has 0 radical (unpaired) electrons. The second kappa shape index (κ2) is 9.17. The molecule has 144 valence electrons. The molecule has 0 fully saturated rings. The second-order valence-corrected chi connectivity index (χ2v) is 7.45. The molecule has 0 aliphatic carbocycles. The van der Waals surface area contributed by atoms with Gasteiger partial charge >= 0.3 is 0 Å². The van der Waals surface area contributed by atoms with Crippen LogP contribution in [0.25, 0.3) is 17.2 Å². The number of nitrogens with one attached hydrogen (secondary N) is 1. The summed E-state index contributed by atoms with van der Waals surface area (Å²) in [5.74, 6) is -0.0967. The van der Waals surface area contributed by atoms with Crippen molar-refractivity contribution < 1.29 is 4.79 Å². The van der Waals surface area contributed by atoms with Crippen molar-refractivity contribution in [2.24, 2.45) is 0 Å². The lowest BCUT2D eigenvalue weighted by atomic mass is 9.98. The van der Waals surface area contributed by atoms with E-state index >= 15 is 0 Å². The fourth-order valence-electron chi connectivity index (χ4n) is 3.11. The molecular formula is C24H21N3OS. The van der Waals surface area contributed by atoms with Crippen LogP contribution >= 0.6 is 11.3 Å². The molecule has 1 N–H and O–H groups in total. The number of thiophene rings is 1. The topological polar surface area (TPSA) is 46.9 Å². The maximum absolute atomic E-state index is 12.2. The van der Waals surface area contributed by atoms with E-state index in [9.17, 15) is 4.79 Å². The van der Waals surface area contributed by atoms with Crippen LogP contribution in [0, 0.1) is 0 Å². The number of carbonyl (C=O) groups is 1. The lowest BCUT2D eigenvalue weighted by Crippen LogP contribution is -2.20. The van der Waals surface area contributed by atoms with Gasteiger partial charge in [0, 0.05) is 25.0 Å². The molecule has 4 rings (SSSR count). The highest BCUT2D eigenvalue weighted by Crippen LogP contribution is 2.24. The van der Waals surface area contributed by atoms with E-state index in [1.807, 2.05) is 52.0 Å². The quantitative estimate of drug-likeness (QED) is 0.445. The van der Waals surface area contributed by atoms with Crippen LogP contribution in [-0.4, -0.2) is 15.7 Å². The summed E-state index contributed by atoms with van der Waals surface area (Å²) in [6.45, 7) is 1.24. The Labute approximate surface area is 174 Å². The molecule has 0 atom stereocenters. The van der Waals surface area contributed by atoms with E-state index in [2.05, 4.69) is 46.8 Å². The zero-order chi connectivity index (χ0) is 19.9. The van der Waals surface area contributed by atoms with Gasteiger partial charge in [0.15, 0.2) is 0 Å². The van der Waals surface area contributed by atoms with E-state index in [-0.39, 0.29) is 5.91 Å². The summed E-state index contributed by atoms with van der Waals surface area (Å²) in [5, 5.41) is 11.2. The van der Waals surface area contributed by atoms with E-state index < -0.39 is 0 Å².